The molecular weight excluding hydrogens is 248 g/mol. The van der Waals surface area contributed by atoms with Gasteiger partial charge in [0.15, 0.2) is 0 Å². The zero-order chi connectivity index (χ0) is 14.8. The lowest BCUT2D eigenvalue weighted by molar-refractivity contribution is 0.0240. The van der Waals surface area contributed by atoms with Crippen LogP contribution in [0.25, 0.3) is 0 Å². The van der Waals surface area contributed by atoms with Gasteiger partial charge in [0, 0.05) is 26.4 Å². The lowest BCUT2D eigenvalue weighted by Crippen LogP contribution is -2.24. The van der Waals surface area contributed by atoms with Crippen LogP contribution in [0.15, 0.2) is 25.3 Å². The van der Waals surface area contributed by atoms with Crippen molar-refractivity contribution in [3.05, 3.63) is 25.3 Å². The summed E-state index contributed by atoms with van der Waals surface area (Å²) in [6.45, 7) is 15.9. The number of allylic oxidation sites excluding steroid dienone is 2. The van der Waals surface area contributed by atoms with Gasteiger partial charge in [0.2, 0.25) is 0 Å². The van der Waals surface area contributed by atoms with Gasteiger partial charge in [-0.3, -0.25) is 0 Å². The number of hydrogen-bond acceptors (Lipinski definition) is 2. The minimum atomic E-state index is 0.728. The van der Waals surface area contributed by atoms with Gasteiger partial charge in [-0.05, 0) is 49.4 Å². The molecule has 0 aromatic heterocycles. The maximum absolute atomic E-state index is 5.36. The fourth-order valence-corrected chi connectivity index (χ4v) is 2.84. The number of ether oxygens (including phenoxy) is 2. The molecule has 2 heterocycles. The molecule has 0 aromatic rings. The average molecular weight is 280 g/mol. The Hall–Kier alpha value is -0.600. The minimum absolute atomic E-state index is 0.728. The molecule has 20 heavy (non-hydrogen) atoms. The first-order valence-electron chi connectivity index (χ1n) is 8.06. The fraction of sp³-hybridized carbons (Fsp3) is 0.778. The van der Waals surface area contributed by atoms with Gasteiger partial charge in [-0.2, -0.15) is 0 Å². The van der Waals surface area contributed by atoms with E-state index >= 15 is 0 Å². The van der Waals surface area contributed by atoms with Gasteiger partial charge in [-0.15, -0.1) is 13.2 Å². The zero-order valence-electron chi connectivity index (χ0n) is 13.4. The molecule has 2 fully saturated rings. The van der Waals surface area contributed by atoms with Crippen molar-refractivity contribution in [1.82, 2.24) is 0 Å². The molecule has 0 saturated carbocycles. The summed E-state index contributed by atoms with van der Waals surface area (Å²) in [5.74, 6) is 3.11. The van der Waals surface area contributed by atoms with Gasteiger partial charge < -0.3 is 9.47 Å². The third-order valence-electron chi connectivity index (χ3n) is 4.65. The Kier molecular flexibility index (Phi) is 8.88. The van der Waals surface area contributed by atoms with Crippen molar-refractivity contribution in [3.8, 4) is 0 Å². The Morgan fingerprint density at radius 1 is 0.850 bits per heavy atom. The molecule has 0 bridgehead atoms. The van der Waals surface area contributed by atoms with Crippen LogP contribution in [-0.4, -0.2) is 26.4 Å². The smallest absolute Gasteiger partial charge is 0.0499 e. The largest absolute Gasteiger partial charge is 0.381 e. The van der Waals surface area contributed by atoms with E-state index < -0.39 is 0 Å². The monoisotopic (exact) mass is 280 g/mol. The van der Waals surface area contributed by atoms with Gasteiger partial charge in [-0.1, -0.05) is 26.0 Å². The highest BCUT2D eigenvalue weighted by atomic mass is 16.5. The quantitative estimate of drug-likeness (QED) is 0.707. The summed E-state index contributed by atoms with van der Waals surface area (Å²) in [5.41, 5.74) is 0. The van der Waals surface area contributed by atoms with Gasteiger partial charge in [-0.25, -0.2) is 0 Å². The molecule has 0 amide bonds. The first-order chi connectivity index (χ1) is 9.69. The molecule has 4 atom stereocenters. The summed E-state index contributed by atoms with van der Waals surface area (Å²) in [6, 6.07) is 0. The van der Waals surface area contributed by atoms with Crippen molar-refractivity contribution < 1.29 is 9.47 Å². The minimum Gasteiger partial charge on any atom is -0.381 e. The van der Waals surface area contributed by atoms with Crippen molar-refractivity contribution in [2.24, 2.45) is 23.7 Å². The lowest BCUT2D eigenvalue weighted by atomic mass is 9.88. The van der Waals surface area contributed by atoms with E-state index in [1.165, 1.54) is 12.8 Å². The Labute approximate surface area is 125 Å². The van der Waals surface area contributed by atoms with Gasteiger partial charge >= 0.3 is 0 Å². The van der Waals surface area contributed by atoms with Gasteiger partial charge in [0.25, 0.3) is 0 Å². The zero-order valence-corrected chi connectivity index (χ0v) is 13.4. The van der Waals surface area contributed by atoms with Crippen LogP contribution in [0.4, 0.5) is 0 Å². The summed E-state index contributed by atoms with van der Waals surface area (Å²) in [5, 5.41) is 0. The van der Waals surface area contributed by atoms with Crippen LogP contribution in [0.3, 0.4) is 0 Å². The topological polar surface area (TPSA) is 18.5 Å². The average Bonchev–Trinajstić information content (AvgIpc) is 2.45. The molecule has 0 unspecified atom stereocenters. The van der Waals surface area contributed by atoms with E-state index in [2.05, 4.69) is 27.0 Å². The Bertz CT molecular complexity index is 247. The second kappa shape index (κ2) is 10.2. The number of rotatable bonds is 4. The molecule has 2 aliphatic rings. The standard InChI is InChI=1S/2C9H16O/c2*1-3-4-9-7-10-6-5-8(9)2/h2*3,8-9H,1,4-7H2,2H3/t2*8-,9+/m10/s1. The summed E-state index contributed by atoms with van der Waals surface area (Å²) in [6.07, 6.45) is 8.66. The summed E-state index contributed by atoms with van der Waals surface area (Å²) in [7, 11) is 0. The highest BCUT2D eigenvalue weighted by Crippen LogP contribution is 2.24. The third-order valence-corrected chi connectivity index (χ3v) is 4.65. The predicted molar refractivity (Wildman–Crippen MR) is 85.8 cm³/mol. The molecule has 0 N–H and O–H groups in total. The highest BCUT2D eigenvalue weighted by Gasteiger charge is 2.20. The van der Waals surface area contributed by atoms with E-state index in [1.807, 2.05) is 12.2 Å². The molecule has 0 aliphatic carbocycles. The van der Waals surface area contributed by atoms with Crippen LogP contribution in [0.5, 0.6) is 0 Å². The van der Waals surface area contributed by atoms with Crippen molar-refractivity contribution in [3.63, 3.8) is 0 Å². The molecule has 2 nitrogen and oxygen atoms in total. The van der Waals surface area contributed by atoms with Crippen LogP contribution in [0.2, 0.25) is 0 Å². The van der Waals surface area contributed by atoms with Crippen molar-refractivity contribution in [2.45, 2.75) is 39.5 Å². The Morgan fingerprint density at radius 2 is 1.25 bits per heavy atom. The maximum Gasteiger partial charge on any atom is 0.0499 e. The van der Waals surface area contributed by atoms with E-state index in [0.29, 0.717) is 0 Å². The van der Waals surface area contributed by atoms with Crippen LogP contribution >= 0.6 is 0 Å². The van der Waals surface area contributed by atoms with Gasteiger partial charge in [0.1, 0.15) is 0 Å². The normalized spacial score (nSPS) is 33.7. The molecule has 0 radical (unpaired) electrons. The fourth-order valence-electron chi connectivity index (χ4n) is 2.84. The summed E-state index contributed by atoms with van der Waals surface area (Å²) in [4.78, 5) is 0. The van der Waals surface area contributed by atoms with E-state index in [4.69, 9.17) is 9.47 Å². The van der Waals surface area contributed by atoms with Crippen molar-refractivity contribution >= 4 is 0 Å². The van der Waals surface area contributed by atoms with Crippen molar-refractivity contribution in [1.29, 1.82) is 0 Å². The molecule has 0 aromatic carbocycles. The van der Waals surface area contributed by atoms with Crippen LogP contribution in [0, 0.1) is 23.7 Å². The maximum atomic E-state index is 5.36. The Balaban J connectivity index is 0.000000200. The van der Waals surface area contributed by atoms with Crippen molar-refractivity contribution in [2.75, 3.05) is 26.4 Å². The van der Waals surface area contributed by atoms with Crippen LogP contribution < -0.4 is 0 Å². The first-order valence-corrected chi connectivity index (χ1v) is 8.06. The SMILES string of the molecule is C=CC[C@@H]1COCC[C@@H]1C.C=CC[C@H]1COCC[C@H]1C. The number of hydrogen-bond donors (Lipinski definition) is 0. The third kappa shape index (κ3) is 6.23. The van der Waals surface area contributed by atoms with E-state index in [1.54, 1.807) is 0 Å². The molecular formula is C18H32O2. The van der Waals surface area contributed by atoms with E-state index in [9.17, 15) is 0 Å². The predicted octanol–water partition coefficient (Wildman–Crippen LogP) is 4.47. The molecule has 0 spiro atoms. The summed E-state index contributed by atoms with van der Waals surface area (Å²) < 4.78 is 10.7. The Morgan fingerprint density at radius 3 is 1.55 bits per heavy atom. The van der Waals surface area contributed by atoms with Crippen LogP contribution in [-0.2, 0) is 9.47 Å². The van der Waals surface area contributed by atoms with E-state index in [-0.39, 0.29) is 0 Å². The molecule has 2 rings (SSSR count). The highest BCUT2D eigenvalue weighted by molar-refractivity contribution is 4.79. The molecule has 2 heteroatoms. The molecule has 2 saturated heterocycles. The van der Waals surface area contributed by atoms with Gasteiger partial charge in [0.05, 0.1) is 0 Å². The molecule has 2 aliphatic heterocycles. The second-order valence-corrected chi connectivity index (χ2v) is 6.25. The second-order valence-electron chi connectivity index (χ2n) is 6.25. The summed E-state index contributed by atoms with van der Waals surface area (Å²) >= 11 is 0. The van der Waals surface area contributed by atoms with E-state index in [0.717, 1.165) is 62.9 Å². The first kappa shape index (κ1) is 17.5. The lowest BCUT2D eigenvalue weighted by Gasteiger charge is -2.27. The van der Waals surface area contributed by atoms with Crippen LogP contribution in [0.1, 0.15) is 39.5 Å². The molecule has 116 valence electrons.